The first-order valence-electron chi connectivity index (χ1n) is 8.23. The molecule has 3 aromatic rings. The number of amides is 1. The maximum absolute atomic E-state index is 13.2. The van der Waals surface area contributed by atoms with Gasteiger partial charge in [0, 0.05) is 19.0 Å². The lowest BCUT2D eigenvalue weighted by molar-refractivity contribution is -0.124. The number of hydrogen-bond acceptors (Lipinski definition) is 4. The van der Waals surface area contributed by atoms with Crippen molar-refractivity contribution >= 4 is 32.6 Å². The van der Waals surface area contributed by atoms with Crippen molar-refractivity contribution in [2.24, 2.45) is 5.92 Å². The molecular formula is C19H20FN3OS. The quantitative estimate of drug-likeness (QED) is 0.632. The Morgan fingerprint density at radius 3 is 2.84 bits per heavy atom. The molecule has 4 nitrogen and oxygen atoms in total. The van der Waals surface area contributed by atoms with Crippen molar-refractivity contribution in [3.8, 4) is 0 Å². The van der Waals surface area contributed by atoms with E-state index in [4.69, 9.17) is 0 Å². The molecule has 3 rings (SSSR count). The van der Waals surface area contributed by atoms with E-state index in [1.807, 2.05) is 37.3 Å². The number of rotatable bonds is 7. The molecule has 0 aliphatic rings. The molecule has 1 amide bonds. The van der Waals surface area contributed by atoms with Crippen LogP contribution in [0.3, 0.4) is 0 Å². The summed E-state index contributed by atoms with van der Waals surface area (Å²) < 4.78 is 14.3. The predicted molar refractivity (Wildman–Crippen MR) is 100 cm³/mol. The minimum Gasteiger partial charge on any atom is -0.360 e. The van der Waals surface area contributed by atoms with Gasteiger partial charge in [-0.3, -0.25) is 4.79 Å². The average molecular weight is 357 g/mol. The van der Waals surface area contributed by atoms with Crippen molar-refractivity contribution in [1.29, 1.82) is 0 Å². The summed E-state index contributed by atoms with van der Waals surface area (Å²) in [5.74, 6) is -0.509. The first kappa shape index (κ1) is 17.4. The van der Waals surface area contributed by atoms with Crippen molar-refractivity contribution in [2.75, 3.05) is 18.4 Å². The van der Waals surface area contributed by atoms with E-state index in [1.54, 1.807) is 17.4 Å². The second-order valence-electron chi connectivity index (χ2n) is 5.94. The largest absolute Gasteiger partial charge is 0.360 e. The summed E-state index contributed by atoms with van der Waals surface area (Å²) in [5, 5.41) is 6.98. The van der Waals surface area contributed by atoms with Gasteiger partial charge in [-0.05, 0) is 36.2 Å². The minimum absolute atomic E-state index is 0.0321. The minimum atomic E-state index is -0.273. The van der Waals surface area contributed by atoms with Crippen LogP contribution < -0.4 is 10.6 Å². The van der Waals surface area contributed by atoms with Gasteiger partial charge in [-0.15, -0.1) is 0 Å². The summed E-state index contributed by atoms with van der Waals surface area (Å²) in [4.78, 5) is 16.6. The highest BCUT2D eigenvalue weighted by Crippen LogP contribution is 2.24. The number of aromatic nitrogens is 1. The van der Waals surface area contributed by atoms with E-state index in [0.717, 1.165) is 20.9 Å². The molecule has 0 saturated heterocycles. The Hall–Kier alpha value is -2.47. The van der Waals surface area contributed by atoms with Crippen LogP contribution in [0.1, 0.15) is 12.5 Å². The lowest BCUT2D eigenvalue weighted by Crippen LogP contribution is -2.33. The van der Waals surface area contributed by atoms with Gasteiger partial charge in [0.25, 0.3) is 0 Å². The zero-order valence-corrected chi connectivity index (χ0v) is 14.8. The monoisotopic (exact) mass is 357 g/mol. The SMILES string of the molecule is CC(Cc1cccc(F)c1)C(=O)NCCNc1nc2ccccc2s1. The number of thiazole rings is 1. The van der Waals surface area contributed by atoms with E-state index in [1.165, 1.54) is 12.1 Å². The van der Waals surface area contributed by atoms with Gasteiger partial charge in [0.15, 0.2) is 5.13 Å². The van der Waals surface area contributed by atoms with E-state index in [2.05, 4.69) is 15.6 Å². The Morgan fingerprint density at radius 2 is 2.04 bits per heavy atom. The fourth-order valence-electron chi connectivity index (χ4n) is 2.59. The highest BCUT2D eigenvalue weighted by molar-refractivity contribution is 7.22. The van der Waals surface area contributed by atoms with E-state index >= 15 is 0 Å². The second-order valence-corrected chi connectivity index (χ2v) is 6.97. The van der Waals surface area contributed by atoms with Gasteiger partial charge in [-0.25, -0.2) is 9.37 Å². The molecule has 0 aliphatic heterocycles. The summed E-state index contributed by atoms with van der Waals surface area (Å²) in [6.07, 6.45) is 0.523. The third kappa shape index (κ3) is 4.76. The zero-order valence-electron chi connectivity index (χ0n) is 14.0. The van der Waals surface area contributed by atoms with Gasteiger partial charge in [0.05, 0.1) is 10.2 Å². The molecule has 0 bridgehead atoms. The van der Waals surface area contributed by atoms with Crippen molar-refractivity contribution in [3.63, 3.8) is 0 Å². The van der Waals surface area contributed by atoms with Gasteiger partial charge in [0.2, 0.25) is 5.91 Å². The van der Waals surface area contributed by atoms with Crippen LogP contribution in [0.4, 0.5) is 9.52 Å². The third-order valence-corrected chi connectivity index (χ3v) is 4.87. The number of nitrogens with zero attached hydrogens (tertiary/aromatic N) is 1. The summed E-state index contributed by atoms with van der Waals surface area (Å²) in [6.45, 7) is 2.97. The Morgan fingerprint density at radius 1 is 1.20 bits per heavy atom. The average Bonchev–Trinajstić information content (AvgIpc) is 3.01. The van der Waals surface area contributed by atoms with Crippen LogP contribution in [0.25, 0.3) is 10.2 Å². The molecule has 2 N–H and O–H groups in total. The van der Waals surface area contributed by atoms with Gasteiger partial charge in [-0.1, -0.05) is 42.5 Å². The van der Waals surface area contributed by atoms with Gasteiger partial charge in [-0.2, -0.15) is 0 Å². The van der Waals surface area contributed by atoms with Gasteiger partial charge >= 0.3 is 0 Å². The molecular weight excluding hydrogens is 337 g/mol. The fourth-order valence-corrected chi connectivity index (χ4v) is 3.48. The zero-order chi connectivity index (χ0) is 17.6. The van der Waals surface area contributed by atoms with Crippen LogP contribution in [0.15, 0.2) is 48.5 Å². The lowest BCUT2D eigenvalue weighted by Gasteiger charge is -2.12. The number of benzene rings is 2. The van der Waals surface area contributed by atoms with Crippen LogP contribution in [-0.4, -0.2) is 24.0 Å². The predicted octanol–water partition coefficient (Wildman–Crippen LogP) is 3.84. The topological polar surface area (TPSA) is 54.0 Å². The molecule has 25 heavy (non-hydrogen) atoms. The molecule has 0 fully saturated rings. The first-order chi connectivity index (χ1) is 12.1. The highest BCUT2D eigenvalue weighted by atomic mass is 32.1. The van der Waals surface area contributed by atoms with Crippen LogP contribution in [0.5, 0.6) is 0 Å². The second kappa shape index (κ2) is 8.07. The molecule has 0 radical (unpaired) electrons. The van der Waals surface area contributed by atoms with E-state index in [9.17, 15) is 9.18 Å². The molecule has 1 atom stereocenters. The van der Waals surface area contributed by atoms with E-state index < -0.39 is 0 Å². The van der Waals surface area contributed by atoms with Crippen molar-refractivity contribution in [1.82, 2.24) is 10.3 Å². The van der Waals surface area contributed by atoms with Crippen LogP contribution >= 0.6 is 11.3 Å². The number of fused-ring (bicyclic) bond motifs is 1. The number of halogens is 1. The molecule has 6 heteroatoms. The molecule has 1 heterocycles. The molecule has 0 spiro atoms. The van der Waals surface area contributed by atoms with Gasteiger partial charge < -0.3 is 10.6 Å². The first-order valence-corrected chi connectivity index (χ1v) is 9.05. The maximum Gasteiger partial charge on any atom is 0.223 e. The Kier molecular flexibility index (Phi) is 5.60. The summed E-state index contributed by atoms with van der Waals surface area (Å²) in [6, 6.07) is 14.3. The molecule has 1 aromatic heterocycles. The van der Waals surface area contributed by atoms with Crippen LogP contribution in [0, 0.1) is 11.7 Å². The fraction of sp³-hybridized carbons (Fsp3) is 0.263. The van der Waals surface area contributed by atoms with E-state index in [0.29, 0.717) is 19.5 Å². The number of carbonyl (C=O) groups excluding carboxylic acids is 1. The molecule has 0 saturated carbocycles. The highest BCUT2D eigenvalue weighted by Gasteiger charge is 2.13. The molecule has 0 aliphatic carbocycles. The normalized spacial score (nSPS) is 12.1. The Labute approximate surface area is 150 Å². The Balaban J connectivity index is 1.42. The van der Waals surface area contributed by atoms with E-state index in [-0.39, 0.29) is 17.6 Å². The lowest BCUT2D eigenvalue weighted by atomic mass is 10.0. The number of hydrogen-bond donors (Lipinski definition) is 2. The summed E-state index contributed by atoms with van der Waals surface area (Å²) >= 11 is 1.60. The number of carbonyl (C=O) groups is 1. The van der Waals surface area contributed by atoms with Crippen molar-refractivity contribution in [3.05, 3.63) is 59.9 Å². The molecule has 1 unspecified atom stereocenters. The number of anilines is 1. The summed E-state index contributed by atoms with van der Waals surface area (Å²) in [5.41, 5.74) is 1.80. The van der Waals surface area contributed by atoms with Crippen molar-refractivity contribution in [2.45, 2.75) is 13.3 Å². The molecule has 2 aromatic carbocycles. The van der Waals surface area contributed by atoms with Crippen LogP contribution in [-0.2, 0) is 11.2 Å². The number of nitrogens with one attached hydrogen (secondary N) is 2. The summed E-state index contributed by atoms with van der Waals surface area (Å²) in [7, 11) is 0. The number of para-hydroxylation sites is 1. The van der Waals surface area contributed by atoms with Crippen LogP contribution in [0.2, 0.25) is 0 Å². The standard InChI is InChI=1S/C19H20FN3OS/c1-13(11-14-5-4-6-15(20)12-14)18(24)21-9-10-22-19-23-16-7-2-3-8-17(16)25-19/h2-8,12-13H,9-11H2,1H3,(H,21,24)(H,22,23). The van der Waals surface area contributed by atoms with Gasteiger partial charge in [0.1, 0.15) is 5.82 Å². The molecule has 130 valence electrons. The smallest absolute Gasteiger partial charge is 0.223 e. The Bertz CT molecular complexity index is 832. The maximum atomic E-state index is 13.2. The van der Waals surface area contributed by atoms with Crippen molar-refractivity contribution < 1.29 is 9.18 Å². The third-order valence-electron chi connectivity index (χ3n) is 3.87.